The molecule has 0 spiro atoms. The molecular formula is C18H23Cl2NO. The van der Waals surface area contributed by atoms with Crippen LogP contribution in [0, 0.1) is 5.92 Å². The van der Waals surface area contributed by atoms with Crippen LogP contribution in [0.1, 0.15) is 51.0 Å². The zero-order valence-electron chi connectivity index (χ0n) is 13.1. The fourth-order valence-corrected chi connectivity index (χ4v) is 4.72. The van der Waals surface area contributed by atoms with Gasteiger partial charge in [-0.3, -0.25) is 4.79 Å². The number of rotatable bonds is 3. The maximum atomic E-state index is 12.1. The number of benzene rings is 1. The summed E-state index contributed by atoms with van der Waals surface area (Å²) < 4.78 is 0. The predicted octanol–water partition coefficient (Wildman–Crippen LogP) is 5.11. The van der Waals surface area contributed by atoms with Gasteiger partial charge in [-0.2, -0.15) is 0 Å². The Morgan fingerprint density at radius 1 is 1.32 bits per heavy atom. The van der Waals surface area contributed by atoms with E-state index in [9.17, 15) is 4.79 Å². The van der Waals surface area contributed by atoms with Crippen molar-refractivity contribution in [2.24, 2.45) is 5.92 Å². The highest BCUT2D eigenvalue weighted by Gasteiger charge is 2.41. The van der Waals surface area contributed by atoms with Crippen molar-refractivity contribution in [3.63, 3.8) is 0 Å². The molecule has 4 heteroatoms. The minimum Gasteiger partial charge on any atom is -0.337 e. The van der Waals surface area contributed by atoms with E-state index in [2.05, 4.69) is 11.8 Å². The summed E-state index contributed by atoms with van der Waals surface area (Å²) >= 11 is 12.3. The van der Waals surface area contributed by atoms with Crippen LogP contribution in [0.4, 0.5) is 0 Å². The Kier molecular flexibility index (Phi) is 4.70. The SMILES string of the molecule is CC1(N2CCCC2=O)CCCC(Cc2ccc(Cl)cc2Cl)C1. The third-order valence-corrected chi connectivity index (χ3v) is 5.89. The topological polar surface area (TPSA) is 20.3 Å². The molecular weight excluding hydrogens is 317 g/mol. The van der Waals surface area contributed by atoms with E-state index in [0.717, 1.165) is 43.7 Å². The molecule has 2 unspecified atom stereocenters. The molecule has 1 aromatic carbocycles. The Morgan fingerprint density at radius 3 is 2.82 bits per heavy atom. The van der Waals surface area contributed by atoms with E-state index in [4.69, 9.17) is 23.2 Å². The lowest BCUT2D eigenvalue weighted by atomic mass is 9.74. The molecule has 2 fully saturated rings. The minimum atomic E-state index is 0.0371. The number of halogens is 2. The largest absolute Gasteiger partial charge is 0.337 e. The van der Waals surface area contributed by atoms with Crippen molar-refractivity contribution >= 4 is 29.1 Å². The molecule has 3 rings (SSSR count). The second kappa shape index (κ2) is 6.41. The van der Waals surface area contributed by atoms with Crippen LogP contribution in [-0.4, -0.2) is 22.9 Å². The molecule has 1 saturated heterocycles. The fraction of sp³-hybridized carbons (Fsp3) is 0.611. The van der Waals surface area contributed by atoms with Crippen LogP contribution >= 0.6 is 23.2 Å². The molecule has 2 atom stereocenters. The van der Waals surface area contributed by atoms with Crippen LogP contribution in [0.25, 0.3) is 0 Å². The first-order valence-electron chi connectivity index (χ1n) is 8.22. The Morgan fingerprint density at radius 2 is 2.14 bits per heavy atom. The average molecular weight is 340 g/mol. The van der Waals surface area contributed by atoms with E-state index in [-0.39, 0.29) is 5.54 Å². The van der Waals surface area contributed by atoms with Crippen LogP contribution in [0.5, 0.6) is 0 Å². The van der Waals surface area contributed by atoms with E-state index >= 15 is 0 Å². The van der Waals surface area contributed by atoms with Gasteiger partial charge in [0.25, 0.3) is 0 Å². The number of likely N-dealkylation sites (tertiary alicyclic amines) is 1. The van der Waals surface area contributed by atoms with E-state index < -0.39 is 0 Å². The summed E-state index contributed by atoms with van der Waals surface area (Å²) in [4.78, 5) is 14.3. The average Bonchev–Trinajstić information content (AvgIpc) is 2.89. The summed E-state index contributed by atoms with van der Waals surface area (Å²) in [6.45, 7) is 3.20. The Balaban J connectivity index is 1.71. The van der Waals surface area contributed by atoms with E-state index in [1.807, 2.05) is 18.2 Å². The highest BCUT2D eigenvalue weighted by atomic mass is 35.5. The van der Waals surface area contributed by atoms with E-state index in [1.165, 1.54) is 18.4 Å². The molecule has 1 amide bonds. The van der Waals surface area contributed by atoms with Gasteiger partial charge >= 0.3 is 0 Å². The first-order valence-corrected chi connectivity index (χ1v) is 8.98. The summed E-state index contributed by atoms with van der Waals surface area (Å²) in [5.74, 6) is 0.929. The number of amides is 1. The summed E-state index contributed by atoms with van der Waals surface area (Å²) in [5.41, 5.74) is 1.21. The third-order valence-electron chi connectivity index (χ3n) is 5.30. The lowest BCUT2D eigenvalue weighted by Gasteiger charge is -2.45. The summed E-state index contributed by atoms with van der Waals surface area (Å²) in [6.07, 6.45) is 7.34. The van der Waals surface area contributed by atoms with Crippen LogP contribution < -0.4 is 0 Å². The molecule has 22 heavy (non-hydrogen) atoms. The van der Waals surface area contributed by atoms with Gasteiger partial charge in [-0.1, -0.05) is 35.7 Å². The number of carbonyl (C=O) groups excluding carboxylic acids is 1. The molecule has 0 radical (unpaired) electrons. The Bertz CT molecular complexity index is 574. The van der Waals surface area contributed by atoms with Crippen LogP contribution in [0.2, 0.25) is 10.0 Å². The number of nitrogens with zero attached hydrogens (tertiary/aromatic N) is 1. The number of hydrogen-bond acceptors (Lipinski definition) is 1. The van der Waals surface area contributed by atoms with Crippen molar-refractivity contribution in [3.8, 4) is 0 Å². The fourth-order valence-electron chi connectivity index (χ4n) is 4.23. The lowest BCUT2D eigenvalue weighted by molar-refractivity contribution is -0.134. The maximum Gasteiger partial charge on any atom is 0.223 e. The van der Waals surface area contributed by atoms with Crippen molar-refractivity contribution in [1.82, 2.24) is 4.90 Å². The molecule has 2 nitrogen and oxygen atoms in total. The van der Waals surface area contributed by atoms with Gasteiger partial charge in [-0.15, -0.1) is 0 Å². The molecule has 0 aromatic heterocycles. The molecule has 1 aliphatic heterocycles. The lowest BCUT2D eigenvalue weighted by Crippen LogP contribution is -2.50. The van der Waals surface area contributed by atoms with Gasteiger partial charge in [0.2, 0.25) is 5.91 Å². The smallest absolute Gasteiger partial charge is 0.223 e. The first-order chi connectivity index (χ1) is 10.5. The highest BCUT2D eigenvalue weighted by molar-refractivity contribution is 6.35. The van der Waals surface area contributed by atoms with E-state index in [0.29, 0.717) is 16.8 Å². The minimum absolute atomic E-state index is 0.0371. The van der Waals surface area contributed by atoms with Gasteiger partial charge in [-0.25, -0.2) is 0 Å². The second-order valence-corrected chi connectivity index (χ2v) is 7.89. The van der Waals surface area contributed by atoms with Crippen molar-refractivity contribution in [2.45, 2.75) is 57.4 Å². The second-order valence-electron chi connectivity index (χ2n) is 7.05. The monoisotopic (exact) mass is 339 g/mol. The van der Waals surface area contributed by atoms with Crippen molar-refractivity contribution in [3.05, 3.63) is 33.8 Å². The summed E-state index contributed by atoms with van der Waals surface area (Å²) in [7, 11) is 0. The van der Waals surface area contributed by atoms with Gasteiger partial charge < -0.3 is 4.90 Å². The number of carbonyl (C=O) groups is 1. The third kappa shape index (κ3) is 3.28. The predicted molar refractivity (Wildman–Crippen MR) is 91.5 cm³/mol. The van der Waals surface area contributed by atoms with Crippen molar-refractivity contribution < 1.29 is 4.79 Å². The maximum absolute atomic E-state index is 12.1. The standard InChI is InChI=1S/C18H23Cl2NO/c1-18(21-9-3-5-17(21)22)8-2-4-13(12-18)10-14-6-7-15(19)11-16(14)20/h6-7,11,13H,2-5,8-10,12H2,1H3. The van der Waals surface area contributed by atoms with Crippen LogP contribution in [-0.2, 0) is 11.2 Å². The van der Waals surface area contributed by atoms with Crippen molar-refractivity contribution in [2.75, 3.05) is 6.54 Å². The molecule has 0 N–H and O–H groups in total. The number of hydrogen-bond donors (Lipinski definition) is 0. The van der Waals surface area contributed by atoms with Crippen LogP contribution in [0.15, 0.2) is 18.2 Å². The van der Waals surface area contributed by atoms with Gasteiger partial charge in [0, 0.05) is 28.5 Å². The molecule has 0 bridgehead atoms. The van der Waals surface area contributed by atoms with Gasteiger partial charge in [0.05, 0.1) is 0 Å². The molecule has 1 aliphatic carbocycles. The zero-order valence-corrected chi connectivity index (χ0v) is 14.6. The van der Waals surface area contributed by atoms with Crippen molar-refractivity contribution in [1.29, 1.82) is 0 Å². The molecule has 1 aromatic rings. The Hall–Kier alpha value is -0.730. The first kappa shape index (κ1) is 16.1. The van der Waals surface area contributed by atoms with Gasteiger partial charge in [-0.05, 0) is 62.6 Å². The molecule has 1 saturated carbocycles. The summed E-state index contributed by atoms with van der Waals surface area (Å²) in [6, 6.07) is 5.77. The quantitative estimate of drug-likeness (QED) is 0.749. The summed E-state index contributed by atoms with van der Waals surface area (Å²) in [5, 5.41) is 1.45. The molecule has 1 heterocycles. The Labute approximate surface area is 142 Å². The molecule has 2 aliphatic rings. The molecule has 120 valence electrons. The van der Waals surface area contributed by atoms with Gasteiger partial charge in [0.1, 0.15) is 0 Å². The normalized spacial score (nSPS) is 29.1. The van der Waals surface area contributed by atoms with Crippen LogP contribution in [0.3, 0.4) is 0 Å². The van der Waals surface area contributed by atoms with E-state index in [1.54, 1.807) is 0 Å². The highest BCUT2D eigenvalue weighted by Crippen LogP contribution is 2.40. The zero-order chi connectivity index (χ0) is 15.7. The van der Waals surface area contributed by atoms with Gasteiger partial charge in [0.15, 0.2) is 0 Å².